The number of allylic oxidation sites excluding steroid dienone is 3. The van der Waals surface area contributed by atoms with E-state index >= 15 is 0 Å². The number of hydrogen-bond donors (Lipinski definition) is 2. The molecule has 0 unspecified atom stereocenters. The normalized spacial score (nSPS) is 13.0. The van der Waals surface area contributed by atoms with E-state index in [-0.39, 0.29) is 5.91 Å². The van der Waals surface area contributed by atoms with E-state index in [1.165, 1.54) is 0 Å². The minimum atomic E-state index is -0.235. The molecule has 30 heavy (non-hydrogen) atoms. The van der Waals surface area contributed by atoms with Crippen molar-refractivity contribution in [3.63, 3.8) is 0 Å². The van der Waals surface area contributed by atoms with Crippen LogP contribution >= 0.6 is 8.86 Å². The van der Waals surface area contributed by atoms with Gasteiger partial charge in [0.25, 0.3) is 5.91 Å². The predicted molar refractivity (Wildman–Crippen MR) is 123 cm³/mol. The average molecular weight is 415 g/mol. The van der Waals surface area contributed by atoms with Crippen LogP contribution in [-0.2, 0) is 13.1 Å². The summed E-state index contributed by atoms with van der Waals surface area (Å²) in [6, 6.07) is 9.83. The molecule has 2 heterocycles. The van der Waals surface area contributed by atoms with Crippen molar-refractivity contribution >= 4 is 31.3 Å². The fourth-order valence-corrected chi connectivity index (χ4v) is 3.46. The predicted octanol–water partition coefficient (Wildman–Crippen LogP) is 3.55. The van der Waals surface area contributed by atoms with Crippen LogP contribution in [0.25, 0.3) is 11.2 Å². The first-order chi connectivity index (χ1) is 14.4. The zero-order chi connectivity index (χ0) is 21.3. The van der Waals surface area contributed by atoms with Gasteiger partial charge in [0.15, 0.2) is 5.65 Å². The Kier molecular flexibility index (Phi) is 5.34. The number of benzene rings is 1. The summed E-state index contributed by atoms with van der Waals surface area (Å²) >= 11 is 0. The third-order valence-corrected chi connectivity index (χ3v) is 5.48. The summed E-state index contributed by atoms with van der Waals surface area (Å²) < 4.78 is 1.82. The third-order valence-electron chi connectivity index (χ3n) is 4.89. The molecule has 7 heteroatoms. The molecule has 0 spiro atoms. The Bertz CT molecular complexity index is 1240. The fourth-order valence-electron chi connectivity index (χ4n) is 3.23. The maximum Gasteiger partial charge on any atom is 0.270 e. The molecule has 6 nitrogen and oxygen atoms in total. The molecule has 0 atom stereocenters. The minimum Gasteiger partial charge on any atom is -0.380 e. The molecule has 1 aliphatic carbocycles. The van der Waals surface area contributed by atoms with E-state index in [4.69, 9.17) is 0 Å². The van der Waals surface area contributed by atoms with E-state index in [1.54, 1.807) is 18.6 Å². The highest BCUT2D eigenvalue weighted by atomic mass is 31.0. The summed E-state index contributed by atoms with van der Waals surface area (Å²) in [7, 11) is 3.54. The topological polar surface area (TPSA) is 71.3 Å². The van der Waals surface area contributed by atoms with Crippen LogP contribution in [0.1, 0.15) is 34.2 Å². The first-order valence-corrected chi connectivity index (χ1v) is 10.0. The molecule has 1 aliphatic rings. The molecule has 150 valence electrons. The second-order valence-corrected chi connectivity index (χ2v) is 7.74. The number of carbonyl (C=O) groups excluding carboxylic acids is 1. The number of carbonyl (C=O) groups is 1. The van der Waals surface area contributed by atoms with E-state index in [2.05, 4.69) is 48.7 Å². The fraction of sp³-hybridized carbons (Fsp3) is 0.130. The van der Waals surface area contributed by atoms with Gasteiger partial charge in [-0.25, -0.2) is 9.97 Å². The van der Waals surface area contributed by atoms with Crippen LogP contribution in [0.5, 0.6) is 0 Å². The van der Waals surface area contributed by atoms with Crippen LogP contribution in [0.15, 0.2) is 73.4 Å². The second kappa shape index (κ2) is 8.09. The molecule has 2 aromatic heterocycles. The van der Waals surface area contributed by atoms with Crippen LogP contribution in [-0.4, -0.2) is 25.6 Å². The molecule has 3 aromatic rings. The van der Waals surface area contributed by atoms with Crippen molar-refractivity contribution in [3.05, 3.63) is 95.9 Å². The van der Waals surface area contributed by atoms with Gasteiger partial charge in [0, 0.05) is 24.1 Å². The summed E-state index contributed by atoms with van der Waals surface area (Å²) in [5, 5.41) is 7.32. The molecule has 1 amide bonds. The Morgan fingerprint density at radius 1 is 1.23 bits per heavy atom. The maximum atomic E-state index is 12.7. The number of hydrogen-bond acceptors (Lipinski definition) is 4. The number of aromatic nitrogens is 3. The molecule has 0 radical (unpaired) electrons. The van der Waals surface area contributed by atoms with E-state index in [9.17, 15) is 4.79 Å². The molecule has 0 fully saturated rings. The summed E-state index contributed by atoms with van der Waals surface area (Å²) in [6.45, 7) is 10.9. The summed E-state index contributed by atoms with van der Waals surface area (Å²) in [4.78, 5) is 21.2. The van der Waals surface area contributed by atoms with Gasteiger partial charge in [-0.1, -0.05) is 37.4 Å². The van der Waals surface area contributed by atoms with Gasteiger partial charge in [-0.15, -0.1) is 8.86 Å². The van der Waals surface area contributed by atoms with Crippen molar-refractivity contribution in [2.75, 3.05) is 0 Å². The molecule has 0 saturated carbocycles. The highest BCUT2D eigenvalue weighted by Gasteiger charge is 2.15. The monoisotopic (exact) mass is 415 g/mol. The lowest BCUT2D eigenvalue weighted by molar-refractivity contribution is 0.0946. The maximum absolute atomic E-state index is 12.7. The molecule has 1 aromatic carbocycles. The van der Waals surface area contributed by atoms with Crippen molar-refractivity contribution in [3.8, 4) is 0 Å². The van der Waals surface area contributed by atoms with Crippen molar-refractivity contribution in [2.24, 2.45) is 0 Å². The molecule has 0 bridgehead atoms. The van der Waals surface area contributed by atoms with E-state index < -0.39 is 0 Å². The minimum absolute atomic E-state index is 0.235. The highest BCUT2D eigenvalue weighted by Crippen LogP contribution is 2.20. The van der Waals surface area contributed by atoms with Crippen LogP contribution < -0.4 is 10.6 Å². The van der Waals surface area contributed by atoms with E-state index in [0.717, 1.165) is 39.0 Å². The van der Waals surface area contributed by atoms with Crippen molar-refractivity contribution in [1.29, 1.82) is 0 Å². The van der Waals surface area contributed by atoms with Gasteiger partial charge in [0.1, 0.15) is 12.0 Å². The number of fused-ring (bicyclic) bond motifs is 1. The van der Waals surface area contributed by atoms with Gasteiger partial charge in [0.05, 0.1) is 11.9 Å². The zero-order valence-electron chi connectivity index (χ0n) is 16.7. The first-order valence-electron chi connectivity index (χ1n) is 9.51. The van der Waals surface area contributed by atoms with Gasteiger partial charge in [-0.2, -0.15) is 0 Å². The Hall–Kier alpha value is -3.50. The first kappa shape index (κ1) is 19.8. The number of amides is 1. The lowest BCUT2D eigenvalue weighted by Gasteiger charge is -2.21. The Labute approximate surface area is 177 Å². The second-order valence-electron chi connectivity index (χ2n) is 7.24. The van der Waals surface area contributed by atoms with Crippen molar-refractivity contribution < 1.29 is 4.79 Å². The summed E-state index contributed by atoms with van der Waals surface area (Å²) in [6.07, 6.45) is 5.29. The SMILES string of the molecule is C=C1C=C(NCc2cccc(CNC(=O)c3cc(C(=C)C)n4cncc4n3)c2)C1=P. The number of nitrogens with zero attached hydrogens (tertiary/aromatic N) is 3. The Morgan fingerprint density at radius 2 is 2.00 bits per heavy atom. The Morgan fingerprint density at radius 3 is 2.70 bits per heavy atom. The lowest BCUT2D eigenvalue weighted by Crippen LogP contribution is -2.26. The lowest BCUT2D eigenvalue weighted by atomic mass is 10.00. The molecule has 0 saturated heterocycles. The smallest absolute Gasteiger partial charge is 0.270 e. The van der Waals surface area contributed by atoms with Crippen molar-refractivity contribution in [2.45, 2.75) is 20.0 Å². The van der Waals surface area contributed by atoms with Crippen LogP contribution in [0, 0.1) is 0 Å². The largest absolute Gasteiger partial charge is 0.380 e. The van der Waals surface area contributed by atoms with E-state index in [0.29, 0.717) is 24.4 Å². The number of nitrogens with one attached hydrogen (secondary N) is 2. The van der Waals surface area contributed by atoms with Gasteiger partial charge in [-0.05, 0) is 41.3 Å². The zero-order valence-corrected chi connectivity index (χ0v) is 17.7. The quantitative estimate of drug-likeness (QED) is 0.579. The molecular weight excluding hydrogens is 393 g/mol. The molecule has 4 rings (SSSR count). The standard InChI is InChI=1S/C23H22N5OP/c1-14(2)20-9-19(27-21-12-24-13-28(20)21)23(29)26-11-17-6-4-5-16(8-17)10-25-18-7-15(3)22(18)30/h4-9,12-13,25,30H,1,3,10-11H2,2H3,(H,26,29). The van der Waals surface area contributed by atoms with Crippen LogP contribution in [0.2, 0.25) is 0 Å². The van der Waals surface area contributed by atoms with Gasteiger partial charge < -0.3 is 10.6 Å². The number of imidazole rings is 1. The summed E-state index contributed by atoms with van der Waals surface area (Å²) in [5.74, 6) is -0.235. The van der Waals surface area contributed by atoms with Crippen molar-refractivity contribution in [1.82, 2.24) is 25.0 Å². The van der Waals surface area contributed by atoms with Gasteiger partial charge in [0.2, 0.25) is 0 Å². The van der Waals surface area contributed by atoms with Gasteiger partial charge in [-0.3, -0.25) is 9.20 Å². The molecule has 2 N–H and O–H groups in total. The van der Waals surface area contributed by atoms with Gasteiger partial charge >= 0.3 is 0 Å². The third kappa shape index (κ3) is 3.95. The van der Waals surface area contributed by atoms with Crippen LogP contribution in [0.4, 0.5) is 0 Å². The average Bonchev–Trinajstić information content (AvgIpc) is 3.22. The van der Waals surface area contributed by atoms with Crippen LogP contribution in [0.3, 0.4) is 0 Å². The Balaban J connectivity index is 1.42. The number of rotatable bonds is 7. The summed E-state index contributed by atoms with van der Waals surface area (Å²) in [5.41, 5.74) is 6.79. The molecular formula is C23H22N5OP. The highest BCUT2D eigenvalue weighted by molar-refractivity contribution is 7.23. The molecule has 0 aliphatic heterocycles. The van der Waals surface area contributed by atoms with E-state index in [1.807, 2.05) is 35.6 Å².